The van der Waals surface area contributed by atoms with Crippen molar-refractivity contribution in [1.29, 1.82) is 0 Å². The summed E-state index contributed by atoms with van der Waals surface area (Å²) in [4.78, 5) is 22.8. The molecule has 1 aromatic heterocycles. The Morgan fingerprint density at radius 3 is 2.72 bits per heavy atom. The summed E-state index contributed by atoms with van der Waals surface area (Å²) in [5.74, 6) is -1.62. The summed E-state index contributed by atoms with van der Waals surface area (Å²) in [6, 6.07) is 6.24. The highest BCUT2D eigenvalue weighted by atomic mass is 16.5. The summed E-state index contributed by atoms with van der Waals surface area (Å²) in [7, 11) is 0. The highest BCUT2D eigenvalue weighted by molar-refractivity contribution is 6.06. The topological polar surface area (TPSA) is 92.4 Å². The van der Waals surface area contributed by atoms with Crippen LogP contribution in [0.4, 0.5) is 5.69 Å². The fraction of sp³-hybridized carbons (Fsp3) is 0.0833. The van der Waals surface area contributed by atoms with Gasteiger partial charge in [-0.2, -0.15) is 0 Å². The van der Waals surface area contributed by atoms with E-state index in [4.69, 9.17) is 5.11 Å². The van der Waals surface area contributed by atoms with Crippen molar-refractivity contribution in [1.82, 2.24) is 5.16 Å². The minimum Gasteiger partial charge on any atom is -0.478 e. The fourth-order valence-corrected chi connectivity index (χ4v) is 1.57. The lowest BCUT2D eigenvalue weighted by atomic mass is 10.1. The number of hydrogen-bond donors (Lipinski definition) is 2. The lowest BCUT2D eigenvalue weighted by Crippen LogP contribution is -2.15. The molecule has 1 amide bonds. The number of carbonyl (C=O) groups excluding carboxylic acids is 1. The van der Waals surface area contributed by atoms with Gasteiger partial charge >= 0.3 is 5.97 Å². The molecule has 0 aliphatic carbocycles. The highest BCUT2D eigenvalue weighted by Crippen LogP contribution is 2.20. The molecule has 6 heteroatoms. The van der Waals surface area contributed by atoms with Gasteiger partial charge in [0.05, 0.1) is 17.4 Å². The second-order valence-corrected chi connectivity index (χ2v) is 3.63. The molecule has 1 heterocycles. The molecule has 0 atom stereocenters. The Morgan fingerprint density at radius 2 is 2.11 bits per heavy atom. The van der Waals surface area contributed by atoms with Crippen LogP contribution >= 0.6 is 0 Å². The molecule has 0 saturated carbocycles. The van der Waals surface area contributed by atoms with Crippen LogP contribution in [-0.4, -0.2) is 22.1 Å². The van der Waals surface area contributed by atoms with Crippen molar-refractivity contribution in [3.63, 3.8) is 0 Å². The number of rotatable bonds is 3. The van der Waals surface area contributed by atoms with Crippen LogP contribution in [0.3, 0.4) is 0 Å². The zero-order valence-corrected chi connectivity index (χ0v) is 9.51. The number of aromatic carboxylic acids is 1. The number of aromatic nitrogens is 1. The Morgan fingerprint density at radius 1 is 1.33 bits per heavy atom. The molecule has 0 fully saturated rings. The van der Waals surface area contributed by atoms with Crippen molar-refractivity contribution < 1.29 is 19.2 Å². The molecule has 0 saturated heterocycles. The van der Waals surface area contributed by atoms with Crippen LogP contribution in [0.2, 0.25) is 0 Å². The van der Waals surface area contributed by atoms with E-state index in [-0.39, 0.29) is 17.0 Å². The van der Waals surface area contributed by atoms with E-state index in [1.165, 1.54) is 18.3 Å². The molecule has 0 radical (unpaired) electrons. The van der Waals surface area contributed by atoms with Gasteiger partial charge in [0, 0.05) is 6.07 Å². The van der Waals surface area contributed by atoms with Crippen molar-refractivity contribution in [2.24, 2.45) is 0 Å². The largest absolute Gasteiger partial charge is 0.478 e. The smallest absolute Gasteiger partial charge is 0.338 e. The lowest BCUT2D eigenvalue weighted by molar-refractivity contribution is 0.0697. The minimum atomic E-state index is -1.10. The maximum atomic E-state index is 11.7. The van der Waals surface area contributed by atoms with Gasteiger partial charge in [-0.3, -0.25) is 4.79 Å². The molecule has 0 unspecified atom stereocenters. The van der Waals surface area contributed by atoms with Gasteiger partial charge in [0.2, 0.25) is 5.76 Å². The van der Waals surface area contributed by atoms with E-state index in [0.29, 0.717) is 5.56 Å². The van der Waals surface area contributed by atoms with Gasteiger partial charge in [0.1, 0.15) is 0 Å². The molecule has 92 valence electrons. The summed E-state index contributed by atoms with van der Waals surface area (Å²) < 4.78 is 4.69. The number of nitrogens with zero attached hydrogens (tertiary/aromatic N) is 1. The van der Waals surface area contributed by atoms with Crippen molar-refractivity contribution in [3.05, 3.63) is 47.3 Å². The van der Waals surface area contributed by atoms with Gasteiger partial charge in [-0.25, -0.2) is 4.79 Å². The number of anilines is 1. The molecule has 6 nitrogen and oxygen atoms in total. The molecule has 18 heavy (non-hydrogen) atoms. The SMILES string of the molecule is Cc1cccc(NC(=O)c2ccno2)c1C(=O)O. The molecule has 0 aliphatic rings. The maximum Gasteiger partial charge on any atom is 0.338 e. The molecule has 1 aromatic carbocycles. The quantitative estimate of drug-likeness (QED) is 0.863. The number of carboxylic acids is 1. The van der Waals surface area contributed by atoms with Crippen molar-refractivity contribution >= 4 is 17.6 Å². The van der Waals surface area contributed by atoms with Crippen LogP contribution in [0, 0.1) is 6.92 Å². The van der Waals surface area contributed by atoms with Crippen molar-refractivity contribution in [2.45, 2.75) is 6.92 Å². The second-order valence-electron chi connectivity index (χ2n) is 3.63. The molecular weight excluding hydrogens is 236 g/mol. The van der Waals surface area contributed by atoms with E-state index in [1.807, 2.05) is 0 Å². The average Bonchev–Trinajstić information content (AvgIpc) is 2.81. The molecule has 0 spiro atoms. The van der Waals surface area contributed by atoms with E-state index in [2.05, 4.69) is 15.0 Å². The third kappa shape index (κ3) is 2.22. The number of nitrogens with one attached hydrogen (secondary N) is 1. The second kappa shape index (κ2) is 4.70. The van der Waals surface area contributed by atoms with E-state index in [1.54, 1.807) is 19.1 Å². The maximum absolute atomic E-state index is 11.7. The first-order valence-corrected chi connectivity index (χ1v) is 5.14. The molecule has 2 rings (SSSR count). The Balaban J connectivity index is 2.32. The normalized spacial score (nSPS) is 10.1. The first-order valence-electron chi connectivity index (χ1n) is 5.14. The number of benzene rings is 1. The van der Waals surface area contributed by atoms with Gasteiger partial charge < -0.3 is 14.9 Å². The van der Waals surface area contributed by atoms with Gasteiger partial charge in [-0.05, 0) is 18.6 Å². The van der Waals surface area contributed by atoms with Crippen molar-refractivity contribution in [2.75, 3.05) is 5.32 Å². The number of aryl methyl sites for hydroxylation is 1. The van der Waals surface area contributed by atoms with Crippen molar-refractivity contribution in [3.8, 4) is 0 Å². The number of hydrogen-bond acceptors (Lipinski definition) is 4. The molecule has 0 bridgehead atoms. The van der Waals surface area contributed by atoms with E-state index in [9.17, 15) is 9.59 Å². The summed E-state index contributed by atoms with van der Waals surface area (Å²) in [6.07, 6.45) is 1.34. The van der Waals surface area contributed by atoms with Crippen LogP contribution in [0.5, 0.6) is 0 Å². The Kier molecular flexibility index (Phi) is 3.09. The first-order chi connectivity index (χ1) is 8.59. The van der Waals surface area contributed by atoms with Gasteiger partial charge in [-0.1, -0.05) is 17.3 Å². The summed E-state index contributed by atoms with van der Waals surface area (Å²) >= 11 is 0. The van der Waals surface area contributed by atoms with Gasteiger partial charge in [-0.15, -0.1) is 0 Å². The van der Waals surface area contributed by atoms with Gasteiger partial charge in [0.25, 0.3) is 5.91 Å². The first kappa shape index (κ1) is 11.8. The van der Waals surface area contributed by atoms with Crippen LogP contribution in [-0.2, 0) is 0 Å². The third-order valence-electron chi connectivity index (χ3n) is 2.40. The monoisotopic (exact) mass is 246 g/mol. The highest BCUT2D eigenvalue weighted by Gasteiger charge is 2.17. The number of amides is 1. The van der Waals surface area contributed by atoms with Gasteiger partial charge in [0.15, 0.2) is 0 Å². The molecule has 2 N–H and O–H groups in total. The summed E-state index contributed by atoms with van der Waals surface area (Å²) in [5, 5.41) is 15.0. The fourth-order valence-electron chi connectivity index (χ4n) is 1.57. The predicted octanol–water partition coefficient (Wildman–Crippen LogP) is 1.93. The van der Waals surface area contributed by atoms with Crippen LogP contribution in [0.25, 0.3) is 0 Å². The average molecular weight is 246 g/mol. The lowest BCUT2D eigenvalue weighted by Gasteiger charge is -2.09. The van der Waals surface area contributed by atoms with E-state index in [0.717, 1.165) is 0 Å². The minimum absolute atomic E-state index is 0.0212. The van der Waals surface area contributed by atoms with E-state index >= 15 is 0 Å². The Labute approximate surface area is 102 Å². The third-order valence-corrected chi connectivity index (χ3v) is 2.40. The number of carbonyl (C=O) groups is 2. The molecule has 2 aromatic rings. The van der Waals surface area contributed by atoms with E-state index < -0.39 is 11.9 Å². The zero-order valence-electron chi connectivity index (χ0n) is 9.51. The Bertz CT molecular complexity index is 590. The van der Waals surface area contributed by atoms with Crippen LogP contribution < -0.4 is 5.32 Å². The van der Waals surface area contributed by atoms with Crippen LogP contribution in [0.1, 0.15) is 26.5 Å². The Hall–Kier alpha value is -2.63. The summed E-state index contributed by atoms with van der Waals surface area (Å²) in [6.45, 7) is 1.66. The summed E-state index contributed by atoms with van der Waals surface area (Å²) in [5.41, 5.74) is 0.854. The number of carboxylic acid groups (broad SMARTS) is 1. The predicted molar refractivity (Wildman–Crippen MR) is 62.6 cm³/mol. The zero-order chi connectivity index (χ0) is 13.1. The standard InChI is InChI=1S/C12H10N2O4/c1-7-3-2-4-8(10(7)12(16)17)14-11(15)9-5-6-13-18-9/h2-6H,1H3,(H,14,15)(H,16,17). The van der Waals surface area contributed by atoms with Crippen LogP contribution in [0.15, 0.2) is 35.0 Å². The molecule has 0 aliphatic heterocycles. The molecular formula is C12H10N2O4.